The summed E-state index contributed by atoms with van der Waals surface area (Å²) in [7, 11) is 0. The van der Waals surface area contributed by atoms with Gasteiger partial charge in [-0.25, -0.2) is 0 Å². The second-order valence-electron chi connectivity index (χ2n) is 5.94. The van der Waals surface area contributed by atoms with Crippen LogP contribution in [0.4, 0.5) is 5.69 Å². The first kappa shape index (κ1) is 18.8. The van der Waals surface area contributed by atoms with Crippen LogP contribution in [0.3, 0.4) is 0 Å². The van der Waals surface area contributed by atoms with Crippen LogP contribution in [0.2, 0.25) is 0 Å². The largest absolute Gasteiger partial charge is 0.489 e. The first-order valence-electron chi connectivity index (χ1n) is 7.91. The highest BCUT2D eigenvalue weighted by molar-refractivity contribution is 5.92. The monoisotopic (exact) mass is 326 g/mol. The Kier molecular flexibility index (Phi) is 8.28. The van der Waals surface area contributed by atoms with Crippen LogP contribution >= 0.6 is 12.4 Å². The summed E-state index contributed by atoms with van der Waals surface area (Å²) in [6, 6.07) is 7.61. The van der Waals surface area contributed by atoms with Crippen LogP contribution in [0.1, 0.15) is 39.5 Å². The number of nitrogens with one attached hydrogen (secondary N) is 2. The maximum absolute atomic E-state index is 12.1. The Hall–Kier alpha value is -1.26. The van der Waals surface area contributed by atoms with E-state index < -0.39 is 0 Å². The zero-order chi connectivity index (χ0) is 15.1. The molecule has 124 valence electrons. The average molecular weight is 327 g/mol. The van der Waals surface area contributed by atoms with Crippen molar-refractivity contribution in [1.82, 2.24) is 5.32 Å². The molecule has 4 nitrogen and oxygen atoms in total. The number of amides is 1. The average Bonchev–Trinajstić information content (AvgIpc) is 2.48. The van der Waals surface area contributed by atoms with E-state index in [1.807, 2.05) is 38.1 Å². The molecule has 1 heterocycles. The van der Waals surface area contributed by atoms with E-state index in [0.29, 0.717) is 12.3 Å². The summed E-state index contributed by atoms with van der Waals surface area (Å²) in [5.74, 6) is 1.50. The highest BCUT2D eigenvalue weighted by atomic mass is 35.5. The zero-order valence-electron chi connectivity index (χ0n) is 13.4. The molecule has 0 aliphatic carbocycles. The number of rotatable bonds is 6. The van der Waals surface area contributed by atoms with Gasteiger partial charge in [0.15, 0.2) is 0 Å². The van der Waals surface area contributed by atoms with E-state index in [0.717, 1.165) is 30.9 Å². The summed E-state index contributed by atoms with van der Waals surface area (Å²) in [6.07, 6.45) is 4.01. The van der Waals surface area contributed by atoms with E-state index in [4.69, 9.17) is 4.74 Å². The van der Waals surface area contributed by atoms with Crippen molar-refractivity contribution < 1.29 is 9.53 Å². The second-order valence-corrected chi connectivity index (χ2v) is 5.94. The van der Waals surface area contributed by atoms with Crippen molar-refractivity contribution in [3.8, 4) is 5.75 Å². The van der Waals surface area contributed by atoms with Crippen LogP contribution in [-0.4, -0.2) is 25.1 Å². The van der Waals surface area contributed by atoms with Gasteiger partial charge in [0, 0.05) is 6.42 Å². The lowest BCUT2D eigenvalue weighted by molar-refractivity contribution is -0.116. The van der Waals surface area contributed by atoms with Crippen molar-refractivity contribution in [3.05, 3.63) is 24.3 Å². The van der Waals surface area contributed by atoms with Gasteiger partial charge in [0.2, 0.25) is 5.91 Å². The van der Waals surface area contributed by atoms with E-state index >= 15 is 0 Å². The van der Waals surface area contributed by atoms with Crippen LogP contribution in [0.5, 0.6) is 5.75 Å². The van der Waals surface area contributed by atoms with Crippen LogP contribution < -0.4 is 15.4 Å². The Morgan fingerprint density at radius 2 is 2.00 bits per heavy atom. The van der Waals surface area contributed by atoms with E-state index in [-0.39, 0.29) is 24.4 Å². The van der Waals surface area contributed by atoms with Crippen molar-refractivity contribution in [1.29, 1.82) is 0 Å². The number of para-hydroxylation sites is 2. The van der Waals surface area contributed by atoms with Crippen molar-refractivity contribution in [2.24, 2.45) is 5.92 Å². The number of anilines is 1. The van der Waals surface area contributed by atoms with Crippen LogP contribution in [0.25, 0.3) is 0 Å². The molecule has 0 bridgehead atoms. The van der Waals surface area contributed by atoms with Crippen molar-refractivity contribution in [2.45, 2.75) is 45.6 Å². The molecule has 2 N–H and O–H groups in total. The Bertz CT molecular complexity index is 460. The maximum atomic E-state index is 12.1. The molecule has 0 saturated carbocycles. The predicted molar refractivity (Wildman–Crippen MR) is 92.9 cm³/mol. The number of hydrogen-bond acceptors (Lipinski definition) is 3. The number of carbonyl (C=O) groups is 1. The van der Waals surface area contributed by atoms with Crippen LogP contribution in [0, 0.1) is 5.92 Å². The zero-order valence-corrected chi connectivity index (χ0v) is 14.2. The van der Waals surface area contributed by atoms with Crippen LogP contribution in [0.15, 0.2) is 24.3 Å². The van der Waals surface area contributed by atoms with Crippen molar-refractivity contribution in [3.63, 3.8) is 0 Å². The quantitative estimate of drug-likeness (QED) is 0.839. The van der Waals surface area contributed by atoms with E-state index in [1.54, 1.807) is 0 Å². The van der Waals surface area contributed by atoms with E-state index in [2.05, 4.69) is 10.6 Å². The molecule has 1 aliphatic heterocycles. The minimum absolute atomic E-state index is 0. The SMILES string of the molecule is CC(C)Oc1ccccc1NC(=O)CCC1CCNCC1.Cl. The van der Waals surface area contributed by atoms with Gasteiger partial charge in [-0.2, -0.15) is 0 Å². The highest BCUT2D eigenvalue weighted by Crippen LogP contribution is 2.25. The molecule has 0 atom stereocenters. The van der Waals surface area contributed by atoms with Gasteiger partial charge in [-0.3, -0.25) is 4.79 Å². The predicted octanol–water partition coefficient (Wildman–Crippen LogP) is 3.61. The molecular weight excluding hydrogens is 300 g/mol. The maximum Gasteiger partial charge on any atom is 0.224 e. The fourth-order valence-corrected chi connectivity index (χ4v) is 2.64. The van der Waals surface area contributed by atoms with Gasteiger partial charge in [0.1, 0.15) is 5.75 Å². The van der Waals surface area contributed by atoms with Gasteiger partial charge in [-0.15, -0.1) is 12.4 Å². The van der Waals surface area contributed by atoms with Gasteiger partial charge in [-0.05, 0) is 64.3 Å². The van der Waals surface area contributed by atoms with Crippen LogP contribution in [-0.2, 0) is 4.79 Å². The lowest BCUT2D eigenvalue weighted by Crippen LogP contribution is -2.28. The molecule has 0 unspecified atom stereocenters. The molecule has 2 rings (SSSR count). The summed E-state index contributed by atoms with van der Waals surface area (Å²) in [6.45, 7) is 6.13. The number of piperidine rings is 1. The molecule has 0 radical (unpaired) electrons. The summed E-state index contributed by atoms with van der Waals surface area (Å²) in [5.41, 5.74) is 0.765. The van der Waals surface area contributed by atoms with Gasteiger partial charge in [0.05, 0.1) is 11.8 Å². The first-order chi connectivity index (χ1) is 10.1. The Morgan fingerprint density at radius 3 is 2.68 bits per heavy atom. The van der Waals surface area contributed by atoms with Gasteiger partial charge in [0.25, 0.3) is 0 Å². The molecule has 5 heteroatoms. The smallest absolute Gasteiger partial charge is 0.224 e. The van der Waals surface area contributed by atoms with Gasteiger partial charge < -0.3 is 15.4 Å². The van der Waals surface area contributed by atoms with Gasteiger partial charge >= 0.3 is 0 Å². The minimum Gasteiger partial charge on any atom is -0.489 e. The summed E-state index contributed by atoms with van der Waals surface area (Å²) < 4.78 is 5.72. The second kappa shape index (κ2) is 9.70. The molecule has 1 amide bonds. The molecule has 0 aromatic heterocycles. The highest BCUT2D eigenvalue weighted by Gasteiger charge is 2.15. The third-order valence-corrected chi connectivity index (χ3v) is 3.76. The fourth-order valence-electron chi connectivity index (χ4n) is 2.64. The minimum atomic E-state index is 0. The first-order valence-corrected chi connectivity index (χ1v) is 7.91. The summed E-state index contributed by atoms with van der Waals surface area (Å²) in [5, 5.41) is 6.33. The molecule has 1 aromatic carbocycles. The Labute approximate surface area is 139 Å². The van der Waals surface area contributed by atoms with Gasteiger partial charge in [-0.1, -0.05) is 12.1 Å². The molecular formula is C17H27ClN2O2. The molecule has 1 aliphatic rings. The fraction of sp³-hybridized carbons (Fsp3) is 0.588. The molecule has 1 saturated heterocycles. The molecule has 1 fully saturated rings. The topological polar surface area (TPSA) is 50.4 Å². The number of carbonyl (C=O) groups excluding carboxylic acids is 1. The number of benzene rings is 1. The van der Waals surface area contributed by atoms with Crippen molar-refractivity contribution >= 4 is 24.0 Å². The number of hydrogen-bond donors (Lipinski definition) is 2. The lowest BCUT2D eigenvalue weighted by Gasteiger charge is -2.22. The molecule has 0 spiro atoms. The third kappa shape index (κ3) is 6.24. The normalized spacial score (nSPS) is 15.2. The standard InChI is InChI=1S/C17H26N2O2.ClH/c1-13(2)21-16-6-4-3-5-15(16)19-17(20)8-7-14-9-11-18-12-10-14;/h3-6,13-14,18H,7-12H2,1-2H3,(H,19,20);1H. The Morgan fingerprint density at radius 1 is 1.32 bits per heavy atom. The van der Waals surface area contributed by atoms with Crippen molar-refractivity contribution in [2.75, 3.05) is 18.4 Å². The number of halogens is 1. The number of ether oxygens (including phenoxy) is 1. The van der Waals surface area contributed by atoms with E-state index in [9.17, 15) is 4.79 Å². The lowest BCUT2D eigenvalue weighted by atomic mass is 9.93. The summed E-state index contributed by atoms with van der Waals surface area (Å²) >= 11 is 0. The van der Waals surface area contributed by atoms with E-state index in [1.165, 1.54) is 12.8 Å². The molecule has 22 heavy (non-hydrogen) atoms. The third-order valence-electron chi connectivity index (χ3n) is 3.76. The molecule has 1 aromatic rings. The summed E-state index contributed by atoms with van der Waals surface area (Å²) in [4.78, 5) is 12.1. The Balaban J connectivity index is 0.00000242.